The summed E-state index contributed by atoms with van der Waals surface area (Å²) in [5.41, 5.74) is 1.44. The van der Waals surface area contributed by atoms with E-state index in [1.54, 1.807) is 31.4 Å². The zero-order chi connectivity index (χ0) is 16.7. The molecule has 0 heterocycles. The van der Waals surface area contributed by atoms with E-state index in [-0.39, 0.29) is 17.5 Å². The van der Waals surface area contributed by atoms with Crippen LogP contribution in [0, 0.1) is 5.82 Å². The molecule has 0 fully saturated rings. The summed E-state index contributed by atoms with van der Waals surface area (Å²) in [5, 5.41) is 2.80. The lowest BCUT2D eigenvalue weighted by Gasteiger charge is -2.11. The molecular weight excluding hydrogens is 317 g/mol. The van der Waals surface area contributed by atoms with Crippen molar-refractivity contribution in [3.63, 3.8) is 0 Å². The van der Waals surface area contributed by atoms with Crippen LogP contribution >= 0.6 is 11.8 Å². The van der Waals surface area contributed by atoms with E-state index in [4.69, 9.17) is 9.47 Å². The van der Waals surface area contributed by atoms with Gasteiger partial charge in [-0.2, -0.15) is 0 Å². The Hall–Kier alpha value is -2.21. The number of hydrogen-bond acceptors (Lipinski definition) is 4. The standard InChI is InChI=1S/C17H18FNO3S/c1-21-14-6-7-15(16(9-14)22-2)19-17(20)11-23-10-12-4-3-5-13(18)8-12/h3-9H,10-11H2,1-2H3,(H,19,20). The van der Waals surface area contributed by atoms with Crippen LogP contribution in [-0.4, -0.2) is 25.9 Å². The maximum absolute atomic E-state index is 13.1. The highest BCUT2D eigenvalue weighted by Gasteiger charge is 2.09. The summed E-state index contributed by atoms with van der Waals surface area (Å²) in [4.78, 5) is 12.0. The molecule has 2 rings (SSSR count). The number of benzene rings is 2. The predicted molar refractivity (Wildman–Crippen MR) is 90.7 cm³/mol. The molecule has 0 aliphatic rings. The monoisotopic (exact) mass is 335 g/mol. The molecule has 2 aromatic rings. The molecule has 0 saturated carbocycles. The van der Waals surface area contributed by atoms with E-state index in [2.05, 4.69) is 5.32 Å². The van der Waals surface area contributed by atoms with Gasteiger partial charge >= 0.3 is 0 Å². The van der Waals surface area contributed by atoms with Crippen molar-refractivity contribution in [3.05, 3.63) is 53.8 Å². The normalized spacial score (nSPS) is 10.2. The highest BCUT2D eigenvalue weighted by atomic mass is 32.2. The summed E-state index contributed by atoms with van der Waals surface area (Å²) in [6, 6.07) is 11.5. The highest BCUT2D eigenvalue weighted by Crippen LogP contribution is 2.29. The minimum atomic E-state index is -0.268. The number of anilines is 1. The number of halogens is 1. The first-order chi connectivity index (χ1) is 11.1. The summed E-state index contributed by atoms with van der Waals surface area (Å²) in [5.74, 6) is 1.62. The Kier molecular flexibility index (Phi) is 6.29. The van der Waals surface area contributed by atoms with E-state index >= 15 is 0 Å². The number of amides is 1. The van der Waals surface area contributed by atoms with Gasteiger partial charge in [-0.1, -0.05) is 12.1 Å². The molecule has 0 atom stereocenters. The van der Waals surface area contributed by atoms with Gasteiger partial charge in [-0.05, 0) is 29.8 Å². The zero-order valence-electron chi connectivity index (χ0n) is 13.0. The average Bonchev–Trinajstić information content (AvgIpc) is 2.55. The molecule has 4 nitrogen and oxygen atoms in total. The molecule has 0 unspecified atom stereocenters. The van der Waals surface area contributed by atoms with E-state index in [9.17, 15) is 9.18 Å². The fourth-order valence-corrected chi connectivity index (χ4v) is 2.75. The molecular formula is C17H18FNO3S. The highest BCUT2D eigenvalue weighted by molar-refractivity contribution is 7.99. The summed E-state index contributed by atoms with van der Waals surface area (Å²) in [7, 11) is 3.10. The van der Waals surface area contributed by atoms with Crippen molar-refractivity contribution in [3.8, 4) is 11.5 Å². The van der Waals surface area contributed by atoms with E-state index in [1.165, 1.54) is 31.0 Å². The molecule has 0 aliphatic carbocycles. The van der Waals surface area contributed by atoms with Crippen LogP contribution in [0.3, 0.4) is 0 Å². The van der Waals surface area contributed by atoms with Crippen molar-refractivity contribution in [1.82, 2.24) is 0 Å². The van der Waals surface area contributed by atoms with Crippen LogP contribution < -0.4 is 14.8 Å². The van der Waals surface area contributed by atoms with Gasteiger partial charge in [0.25, 0.3) is 0 Å². The maximum Gasteiger partial charge on any atom is 0.234 e. The number of thioether (sulfide) groups is 1. The summed E-state index contributed by atoms with van der Waals surface area (Å²) >= 11 is 1.42. The molecule has 0 spiro atoms. The van der Waals surface area contributed by atoms with Crippen LogP contribution in [0.4, 0.5) is 10.1 Å². The smallest absolute Gasteiger partial charge is 0.234 e. The van der Waals surface area contributed by atoms with Crippen LogP contribution in [0.2, 0.25) is 0 Å². The van der Waals surface area contributed by atoms with Crippen LogP contribution in [0.1, 0.15) is 5.56 Å². The number of carbonyl (C=O) groups is 1. The van der Waals surface area contributed by atoms with E-state index in [1.807, 2.05) is 6.07 Å². The molecule has 122 valence electrons. The van der Waals surface area contributed by atoms with Crippen LogP contribution in [0.15, 0.2) is 42.5 Å². The summed E-state index contributed by atoms with van der Waals surface area (Å²) in [6.45, 7) is 0. The van der Waals surface area contributed by atoms with Gasteiger partial charge in [-0.3, -0.25) is 4.79 Å². The van der Waals surface area contributed by atoms with Crippen molar-refractivity contribution >= 4 is 23.4 Å². The van der Waals surface area contributed by atoms with Gasteiger partial charge in [0.2, 0.25) is 5.91 Å². The average molecular weight is 335 g/mol. The first kappa shape index (κ1) is 17.1. The second-order valence-corrected chi connectivity index (χ2v) is 5.72. The number of nitrogens with one attached hydrogen (secondary N) is 1. The van der Waals surface area contributed by atoms with Gasteiger partial charge in [0.1, 0.15) is 17.3 Å². The molecule has 1 N–H and O–H groups in total. The van der Waals surface area contributed by atoms with Crippen molar-refractivity contribution in [2.75, 3.05) is 25.3 Å². The number of methoxy groups -OCH3 is 2. The topological polar surface area (TPSA) is 47.6 Å². The largest absolute Gasteiger partial charge is 0.497 e. The van der Waals surface area contributed by atoms with E-state index in [0.717, 1.165) is 5.56 Å². The number of rotatable bonds is 7. The maximum atomic E-state index is 13.1. The minimum Gasteiger partial charge on any atom is -0.497 e. The molecule has 6 heteroatoms. The molecule has 2 aromatic carbocycles. The Labute approximate surface area is 139 Å². The Morgan fingerprint density at radius 3 is 2.70 bits per heavy atom. The molecule has 23 heavy (non-hydrogen) atoms. The lowest BCUT2D eigenvalue weighted by molar-refractivity contribution is -0.113. The Bertz CT molecular complexity index is 679. The van der Waals surface area contributed by atoms with Gasteiger partial charge in [-0.15, -0.1) is 11.8 Å². The van der Waals surface area contributed by atoms with Crippen LogP contribution in [0.5, 0.6) is 11.5 Å². The van der Waals surface area contributed by atoms with Crippen LogP contribution in [0.25, 0.3) is 0 Å². The van der Waals surface area contributed by atoms with Crippen molar-refractivity contribution in [1.29, 1.82) is 0 Å². The minimum absolute atomic E-state index is 0.144. The number of carbonyl (C=O) groups excluding carboxylic acids is 1. The van der Waals surface area contributed by atoms with Gasteiger partial charge < -0.3 is 14.8 Å². The quantitative estimate of drug-likeness (QED) is 0.838. The molecule has 0 aromatic heterocycles. The van der Waals surface area contributed by atoms with Gasteiger partial charge in [0.05, 0.1) is 25.7 Å². The van der Waals surface area contributed by atoms with Crippen molar-refractivity contribution in [2.24, 2.45) is 0 Å². The van der Waals surface area contributed by atoms with E-state index in [0.29, 0.717) is 22.9 Å². The molecule has 0 bridgehead atoms. The SMILES string of the molecule is COc1ccc(NC(=O)CSCc2cccc(F)c2)c(OC)c1. The lowest BCUT2D eigenvalue weighted by atomic mass is 10.2. The summed E-state index contributed by atoms with van der Waals surface area (Å²) < 4.78 is 23.4. The molecule has 1 amide bonds. The molecule has 0 radical (unpaired) electrons. The van der Waals surface area contributed by atoms with Crippen LogP contribution in [-0.2, 0) is 10.5 Å². The Morgan fingerprint density at radius 1 is 1.17 bits per heavy atom. The van der Waals surface area contributed by atoms with Gasteiger partial charge in [0.15, 0.2) is 0 Å². The zero-order valence-corrected chi connectivity index (χ0v) is 13.8. The number of hydrogen-bond donors (Lipinski definition) is 1. The summed E-state index contributed by atoms with van der Waals surface area (Å²) in [6.07, 6.45) is 0. The predicted octanol–water partition coefficient (Wildman–Crippen LogP) is 3.71. The van der Waals surface area contributed by atoms with Crippen molar-refractivity contribution < 1.29 is 18.7 Å². The Morgan fingerprint density at radius 2 is 2.00 bits per heavy atom. The fourth-order valence-electron chi connectivity index (χ4n) is 1.98. The van der Waals surface area contributed by atoms with Crippen molar-refractivity contribution in [2.45, 2.75) is 5.75 Å². The third-order valence-electron chi connectivity index (χ3n) is 3.07. The third kappa shape index (κ3) is 5.17. The van der Waals surface area contributed by atoms with Gasteiger partial charge in [-0.25, -0.2) is 4.39 Å². The molecule has 0 saturated heterocycles. The van der Waals surface area contributed by atoms with E-state index < -0.39 is 0 Å². The third-order valence-corrected chi connectivity index (χ3v) is 4.08. The fraction of sp³-hybridized carbons (Fsp3) is 0.235. The first-order valence-corrected chi connectivity index (χ1v) is 8.12. The Balaban J connectivity index is 1.87. The number of ether oxygens (including phenoxy) is 2. The second kappa shape index (κ2) is 8.43. The second-order valence-electron chi connectivity index (χ2n) is 4.74. The first-order valence-electron chi connectivity index (χ1n) is 6.96. The molecule has 0 aliphatic heterocycles. The lowest BCUT2D eigenvalue weighted by Crippen LogP contribution is -2.14. The van der Waals surface area contributed by atoms with Gasteiger partial charge in [0, 0.05) is 11.8 Å².